The average molecular weight is 248 g/mol. The molecule has 2 aromatic rings. The summed E-state index contributed by atoms with van der Waals surface area (Å²) >= 11 is 0. The van der Waals surface area contributed by atoms with E-state index in [-0.39, 0.29) is 5.78 Å². The molecule has 5 heteroatoms. The van der Waals surface area contributed by atoms with Crippen LogP contribution in [0.4, 0.5) is 0 Å². The molecular weight excluding hydrogens is 232 g/mol. The van der Waals surface area contributed by atoms with Gasteiger partial charge in [0, 0.05) is 19.0 Å². The van der Waals surface area contributed by atoms with Crippen molar-refractivity contribution in [3.8, 4) is 0 Å². The molecule has 1 N–H and O–H groups in total. The first-order valence-corrected chi connectivity index (χ1v) is 5.91. The molecule has 0 radical (unpaired) electrons. The highest BCUT2D eigenvalue weighted by atomic mass is 16.4. The zero-order valence-corrected chi connectivity index (χ0v) is 10.5. The quantitative estimate of drug-likeness (QED) is 0.640. The van der Waals surface area contributed by atoms with Crippen LogP contribution in [0, 0.1) is 0 Å². The molecule has 1 heterocycles. The maximum absolute atomic E-state index is 11.9. The molecule has 1 aromatic heterocycles. The molecule has 0 fully saturated rings. The van der Waals surface area contributed by atoms with Crippen LogP contribution in [0.2, 0.25) is 0 Å². The molecule has 0 bridgehead atoms. The van der Waals surface area contributed by atoms with E-state index >= 15 is 0 Å². The summed E-state index contributed by atoms with van der Waals surface area (Å²) in [7, 11) is 3.49. The van der Waals surface area contributed by atoms with E-state index in [0.29, 0.717) is 23.1 Å². The number of hydrogen-bond acceptors (Lipinski definition) is 4. The van der Waals surface area contributed by atoms with Crippen molar-refractivity contribution in [2.75, 3.05) is 13.6 Å². The number of aryl methyl sites for hydroxylation is 1. The topological polar surface area (TPSA) is 64.2 Å². The van der Waals surface area contributed by atoms with Crippen molar-refractivity contribution in [3.05, 3.63) is 34.3 Å². The molecular formula is C13H16N2O3. The summed E-state index contributed by atoms with van der Waals surface area (Å²) in [5.74, 6) is -0.328. The van der Waals surface area contributed by atoms with E-state index in [1.54, 1.807) is 25.2 Å². The smallest absolute Gasteiger partial charge is 0.408 e. The average Bonchev–Trinajstić information content (AvgIpc) is 2.65. The number of rotatable bonds is 5. The van der Waals surface area contributed by atoms with Gasteiger partial charge in [0.25, 0.3) is 0 Å². The highest BCUT2D eigenvalue weighted by Gasteiger charge is 2.10. The van der Waals surface area contributed by atoms with Gasteiger partial charge in [0.1, 0.15) is 0 Å². The Labute approximate surface area is 104 Å². The number of fused-ring (bicyclic) bond motifs is 1. The maximum atomic E-state index is 11.9. The van der Waals surface area contributed by atoms with Crippen molar-refractivity contribution in [1.29, 1.82) is 0 Å². The van der Waals surface area contributed by atoms with E-state index in [9.17, 15) is 9.59 Å². The Balaban J connectivity index is 2.26. The molecule has 0 unspecified atom stereocenters. The Hall–Kier alpha value is -1.88. The van der Waals surface area contributed by atoms with Crippen LogP contribution < -0.4 is 11.1 Å². The van der Waals surface area contributed by atoms with Crippen molar-refractivity contribution >= 4 is 16.9 Å². The molecule has 0 atom stereocenters. The van der Waals surface area contributed by atoms with Gasteiger partial charge >= 0.3 is 5.76 Å². The van der Waals surface area contributed by atoms with Crippen LogP contribution in [0.5, 0.6) is 0 Å². The number of Topliss-reactive ketones (excluding diaryl/α,β-unsaturated/α-hetero) is 1. The number of ketones is 1. The highest BCUT2D eigenvalue weighted by molar-refractivity contribution is 5.98. The Morgan fingerprint density at radius 2 is 2.22 bits per heavy atom. The van der Waals surface area contributed by atoms with Crippen molar-refractivity contribution in [2.24, 2.45) is 7.05 Å². The van der Waals surface area contributed by atoms with Crippen LogP contribution in [-0.2, 0) is 7.05 Å². The fourth-order valence-electron chi connectivity index (χ4n) is 1.87. The zero-order valence-electron chi connectivity index (χ0n) is 10.5. The summed E-state index contributed by atoms with van der Waals surface area (Å²) in [5.41, 5.74) is 1.78. The number of benzene rings is 1. The van der Waals surface area contributed by atoms with E-state index in [2.05, 4.69) is 5.32 Å². The number of nitrogens with one attached hydrogen (secondary N) is 1. The van der Waals surface area contributed by atoms with Crippen molar-refractivity contribution in [2.45, 2.75) is 12.8 Å². The first-order valence-electron chi connectivity index (χ1n) is 5.91. The molecule has 96 valence electrons. The van der Waals surface area contributed by atoms with Gasteiger partial charge in [-0.1, -0.05) is 0 Å². The molecule has 0 saturated carbocycles. The second kappa shape index (κ2) is 5.18. The second-order valence-electron chi connectivity index (χ2n) is 4.24. The number of aromatic nitrogens is 1. The number of hydrogen-bond donors (Lipinski definition) is 1. The Morgan fingerprint density at radius 1 is 1.44 bits per heavy atom. The fourth-order valence-corrected chi connectivity index (χ4v) is 1.87. The standard InChI is InChI=1S/C13H16N2O3/c1-14-7-3-4-11(16)9-5-6-12-10(8-9)15(2)13(17)18-12/h5-6,8,14H,3-4,7H2,1-2H3. The van der Waals surface area contributed by atoms with Gasteiger partial charge in [-0.25, -0.2) is 4.79 Å². The van der Waals surface area contributed by atoms with Crippen LogP contribution in [0.3, 0.4) is 0 Å². The lowest BCUT2D eigenvalue weighted by atomic mass is 10.1. The largest absolute Gasteiger partial charge is 0.419 e. The van der Waals surface area contributed by atoms with Crippen LogP contribution in [0.1, 0.15) is 23.2 Å². The Kier molecular flexibility index (Phi) is 3.62. The van der Waals surface area contributed by atoms with Crippen LogP contribution >= 0.6 is 0 Å². The summed E-state index contributed by atoms with van der Waals surface area (Å²) < 4.78 is 6.42. The molecule has 1 aromatic carbocycles. The third-order valence-electron chi connectivity index (χ3n) is 2.94. The number of carbonyl (C=O) groups excluding carboxylic acids is 1. The Bertz CT molecular complexity index is 625. The lowest BCUT2D eigenvalue weighted by Gasteiger charge is -2.01. The van der Waals surface area contributed by atoms with Gasteiger partial charge < -0.3 is 9.73 Å². The van der Waals surface area contributed by atoms with Gasteiger partial charge in [-0.15, -0.1) is 0 Å². The minimum Gasteiger partial charge on any atom is -0.408 e. The lowest BCUT2D eigenvalue weighted by molar-refractivity contribution is 0.0980. The molecule has 0 saturated heterocycles. The van der Waals surface area contributed by atoms with Gasteiger partial charge in [-0.05, 0) is 38.2 Å². The Morgan fingerprint density at radius 3 is 2.94 bits per heavy atom. The lowest BCUT2D eigenvalue weighted by Crippen LogP contribution is -2.10. The van der Waals surface area contributed by atoms with E-state index in [4.69, 9.17) is 4.42 Å². The molecule has 0 spiro atoms. The number of oxazole rings is 1. The molecule has 0 aliphatic carbocycles. The summed E-state index contributed by atoms with van der Waals surface area (Å²) in [6, 6.07) is 5.08. The number of nitrogens with zero attached hydrogens (tertiary/aromatic N) is 1. The van der Waals surface area contributed by atoms with Crippen LogP contribution in [0.25, 0.3) is 11.1 Å². The SMILES string of the molecule is CNCCCC(=O)c1ccc2oc(=O)n(C)c2c1. The predicted octanol–water partition coefficient (Wildman–Crippen LogP) is 1.31. The predicted molar refractivity (Wildman–Crippen MR) is 68.9 cm³/mol. The van der Waals surface area contributed by atoms with Gasteiger partial charge in [0.05, 0.1) is 5.52 Å². The zero-order chi connectivity index (χ0) is 13.1. The summed E-state index contributed by atoms with van der Waals surface area (Å²) in [6.07, 6.45) is 1.30. The summed E-state index contributed by atoms with van der Waals surface area (Å²) in [4.78, 5) is 23.3. The van der Waals surface area contributed by atoms with Crippen molar-refractivity contribution < 1.29 is 9.21 Å². The monoisotopic (exact) mass is 248 g/mol. The third-order valence-corrected chi connectivity index (χ3v) is 2.94. The molecule has 2 rings (SSSR count). The first kappa shape index (κ1) is 12.6. The van der Waals surface area contributed by atoms with Gasteiger partial charge in [-0.3, -0.25) is 9.36 Å². The molecule has 18 heavy (non-hydrogen) atoms. The molecule has 0 amide bonds. The van der Waals surface area contributed by atoms with Gasteiger partial charge in [0.2, 0.25) is 0 Å². The van der Waals surface area contributed by atoms with Crippen molar-refractivity contribution in [1.82, 2.24) is 9.88 Å². The van der Waals surface area contributed by atoms with E-state index < -0.39 is 5.76 Å². The van der Waals surface area contributed by atoms with Crippen LogP contribution in [0.15, 0.2) is 27.4 Å². The first-order chi connectivity index (χ1) is 8.63. The fraction of sp³-hybridized carbons (Fsp3) is 0.385. The summed E-state index contributed by atoms with van der Waals surface area (Å²) in [5, 5.41) is 3.00. The third kappa shape index (κ3) is 2.36. The molecule has 5 nitrogen and oxygen atoms in total. The van der Waals surface area contributed by atoms with Gasteiger partial charge in [-0.2, -0.15) is 0 Å². The molecule has 0 aliphatic rings. The van der Waals surface area contributed by atoms with Crippen molar-refractivity contribution in [3.63, 3.8) is 0 Å². The van der Waals surface area contributed by atoms with Gasteiger partial charge in [0.15, 0.2) is 11.4 Å². The highest BCUT2D eigenvalue weighted by Crippen LogP contribution is 2.15. The maximum Gasteiger partial charge on any atom is 0.419 e. The number of carbonyl (C=O) groups is 1. The van der Waals surface area contributed by atoms with E-state index in [1.807, 2.05) is 7.05 Å². The minimum atomic E-state index is -0.412. The normalized spacial score (nSPS) is 11.0. The second-order valence-corrected chi connectivity index (χ2v) is 4.24. The summed E-state index contributed by atoms with van der Waals surface area (Å²) in [6.45, 7) is 0.818. The minimum absolute atomic E-state index is 0.0841. The van der Waals surface area contributed by atoms with Crippen LogP contribution in [-0.4, -0.2) is 23.9 Å². The van der Waals surface area contributed by atoms with E-state index in [0.717, 1.165) is 13.0 Å². The van der Waals surface area contributed by atoms with E-state index in [1.165, 1.54) is 4.57 Å². The molecule has 0 aliphatic heterocycles.